The number of alkyl carbamates (subject to hydrolysis) is 1. The third-order valence-electron chi connectivity index (χ3n) is 4.73. The highest BCUT2D eigenvalue weighted by molar-refractivity contribution is 5.86. The molecule has 1 fully saturated rings. The molecule has 1 aliphatic heterocycles. The van der Waals surface area contributed by atoms with Crippen molar-refractivity contribution in [1.29, 1.82) is 0 Å². The Bertz CT molecular complexity index is 797. The predicted octanol–water partition coefficient (Wildman–Crippen LogP) is 2.55. The van der Waals surface area contributed by atoms with Gasteiger partial charge in [-0.3, -0.25) is 4.79 Å². The minimum atomic E-state index is -0.606. The number of hydrogen-bond donors (Lipinski definition) is 2. The first-order valence-electron chi connectivity index (χ1n) is 9.49. The van der Waals surface area contributed by atoms with Crippen molar-refractivity contribution in [1.82, 2.24) is 10.6 Å². The Hall–Kier alpha value is -2.64. The summed E-state index contributed by atoms with van der Waals surface area (Å²) in [6, 6.07) is 14.6. The van der Waals surface area contributed by atoms with Gasteiger partial charge in [-0.15, -0.1) is 0 Å². The summed E-state index contributed by atoms with van der Waals surface area (Å²) in [4.78, 5) is 22.5. The monoisotopic (exact) mass is 386 g/mol. The van der Waals surface area contributed by atoms with Crippen molar-refractivity contribution >= 4 is 22.8 Å². The molecule has 0 atom stereocenters. The Labute approximate surface area is 164 Å². The molecule has 0 bridgehead atoms. The number of carbonyl (C=O) groups excluding carboxylic acids is 2. The van der Waals surface area contributed by atoms with E-state index in [9.17, 15) is 9.59 Å². The second-order valence-corrected chi connectivity index (χ2v) is 6.68. The molecule has 2 aromatic carbocycles. The molecule has 0 saturated carbocycles. The molecule has 0 aliphatic carbocycles. The molecule has 2 N–H and O–H groups in total. The van der Waals surface area contributed by atoms with Crippen molar-refractivity contribution in [2.24, 2.45) is 0 Å². The van der Waals surface area contributed by atoms with Gasteiger partial charge in [0.15, 0.2) is 12.9 Å². The van der Waals surface area contributed by atoms with Crippen LogP contribution in [0, 0.1) is 0 Å². The van der Waals surface area contributed by atoms with Crippen LogP contribution in [0.25, 0.3) is 10.8 Å². The van der Waals surface area contributed by atoms with Gasteiger partial charge in [0.1, 0.15) is 0 Å². The second kappa shape index (κ2) is 10.1. The number of ether oxygens (including phenoxy) is 3. The number of fused-ring (bicyclic) bond motifs is 1. The highest BCUT2D eigenvalue weighted by Gasteiger charge is 2.24. The quantitative estimate of drug-likeness (QED) is 0.715. The lowest BCUT2D eigenvalue weighted by Crippen LogP contribution is -2.33. The molecule has 3 rings (SSSR count). The number of likely N-dealkylation sites (N-methyl/N-ethyl adjacent to an activating group) is 1. The molecule has 0 unspecified atom stereocenters. The maximum atomic E-state index is 11.4. The molecular weight excluding hydrogens is 360 g/mol. The Balaban J connectivity index is 1.38. The van der Waals surface area contributed by atoms with Gasteiger partial charge in [0.25, 0.3) is 5.91 Å². The highest BCUT2D eigenvalue weighted by Crippen LogP contribution is 2.29. The third kappa shape index (κ3) is 5.43. The Morgan fingerprint density at radius 2 is 1.86 bits per heavy atom. The van der Waals surface area contributed by atoms with E-state index in [-0.39, 0.29) is 24.7 Å². The summed E-state index contributed by atoms with van der Waals surface area (Å²) in [6.07, 6.45) is 0.497. The van der Waals surface area contributed by atoms with Crippen molar-refractivity contribution in [2.45, 2.75) is 25.0 Å². The van der Waals surface area contributed by atoms with Gasteiger partial charge in [0.05, 0.1) is 13.2 Å². The van der Waals surface area contributed by atoms with Crippen LogP contribution < -0.4 is 10.6 Å². The summed E-state index contributed by atoms with van der Waals surface area (Å²) >= 11 is 0. The summed E-state index contributed by atoms with van der Waals surface area (Å²) < 4.78 is 16.5. The predicted molar refractivity (Wildman–Crippen MR) is 105 cm³/mol. The molecule has 1 heterocycles. The first-order chi connectivity index (χ1) is 13.7. The van der Waals surface area contributed by atoms with Crippen molar-refractivity contribution < 1.29 is 23.8 Å². The Morgan fingerprint density at radius 3 is 2.64 bits per heavy atom. The van der Waals surface area contributed by atoms with Crippen LogP contribution >= 0.6 is 0 Å². The van der Waals surface area contributed by atoms with E-state index >= 15 is 0 Å². The summed E-state index contributed by atoms with van der Waals surface area (Å²) in [5, 5.41) is 7.44. The molecule has 28 heavy (non-hydrogen) atoms. The van der Waals surface area contributed by atoms with Gasteiger partial charge in [-0.05, 0) is 22.8 Å². The number of rotatable bonds is 7. The minimum absolute atomic E-state index is 0.208. The zero-order valence-corrected chi connectivity index (χ0v) is 16.0. The van der Waals surface area contributed by atoms with Gasteiger partial charge in [0.2, 0.25) is 0 Å². The fourth-order valence-corrected chi connectivity index (χ4v) is 3.21. The third-order valence-corrected chi connectivity index (χ3v) is 4.73. The van der Waals surface area contributed by atoms with Crippen molar-refractivity contribution in [3.8, 4) is 0 Å². The molecule has 1 saturated heterocycles. The maximum Gasteiger partial charge on any atom is 0.407 e. The van der Waals surface area contributed by atoms with Crippen LogP contribution in [0.2, 0.25) is 0 Å². The molecule has 150 valence electrons. The van der Waals surface area contributed by atoms with Crippen LogP contribution in [-0.2, 0) is 19.0 Å². The molecular formula is C21H26N2O5. The van der Waals surface area contributed by atoms with Crippen LogP contribution in [0.15, 0.2) is 42.5 Å². The molecule has 2 aromatic rings. The highest BCUT2D eigenvalue weighted by atomic mass is 16.7. The lowest BCUT2D eigenvalue weighted by atomic mass is 9.94. The van der Waals surface area contributed by atoms with E-state index < -0.39 is 6.09 Å². The molecule has 0 aromatic heterocycles. The molecule has 0 spiro atoms. The zero-order valence-electron chi connectivity index (χ0n) is 16.0. The van der Waals surface area contributed by atoms with E-state index in [1.165, 1.54) is 23.4 Å². The molecule has 7 nitrogen and oxygen atoms in total. The number of carbonyl (C=O) groups is 2. The normalized spacial score (nSPS) is 19.2. The van der Waals surface area contributed by atoms with Gasteiger partial charge in [-0.25, -0.2) is 4.79 Å². The van der Waals surface area contributed by atoms with Gasteiger partial charge >= 0.3 is 6.09 Å². The average molecular weight is 386 g/mol. The second-order valence-electron chi connectivity index (χ2n) is 6.68. The maximum absolute atomic E-state index is 11.4. The van der Waals surface area contributed by atoms with Crippen LogP contribution in [0.3, 0.4) is 0 Å². The summed E-state index contributed by atoms with van der Waals surface area (Å²) in [5.74, 6) is -0.139. The number of benzene rings is 2. The lowest BCUT2D eigenvalue weighted by molar-refractivity contribution is -0.189. The van der Waals surface area contributed by atoms with E-state index in [0.29, 0.717) is 32.6 Å². The van der Waals surface area contributed by atoms with Crippen molar-refractivity contribution in [3.05, 3.63) is 48.0 Å². The van der Waals surface area contributed by atoms with Gasteiger partial charge in [-0.2, -0.15) is 0 Å². The summed E-state index contributed by atoms with van der Waals surface area (Å²) in [5.41, 5.74) is 1.25. The first kappa shape index (κ1) is 20.1. The molecule has 0 radical (unpaired) electrons. The summed E-state index contributed by atoms with van der Waals surface area (Å²) in [6.45, 7) is 1.37. The fraction of sp³-hybridized carbons (Fsp3) is 0.429. The van der Waals surface area contributed by atoms with E-state index in [0.717, 1.165) is 0 Å². The van der Waals surface area contributed by atoms with Gasteiger partial charge in [0, 0.05) is 25.9 Å². The lowest BCUT2D eigenvalue weighted by Gasteiger charge is -2.30. The van der Waals surface area contributed by atoms with Gasteiger partial charge < -0.3 is 24.8 Å². The van der Waals surface area contributed by atoms with Crippen molar-refractivity contribution in [3.63, 3.8) is 0 Å². The topological polar surface area (TPSA) is 85.9 Å². The SMILES string of the molecule is CNC(=O)COC(=O)NCCC[C@H]1OC[C@H](c2cccc3ccccc32)CO1. The molecule has 2 amide bonds. The molecule has 7 heteroatoms. The fourth-order valence-electron chi connectivity index (χ4n) is 3.21. The van der Waals surface area contributed by atoms with Crippen LogP contribution in [-0.4, -0.2) is 51.7 Å². The number of amides is 2. The van der Waals surface area contributed by atoms with Crippen molar-refractivity contribution in [2.75, 3.05) is 33.4 Å². The van der Waals surface area contributed by atoms with Crippen LogP contribution in [0.5, 0.6) is 0 Å². The largest absolute Gasteiger partial charge is 0.439 e. The Morgan fingerprint density at radius 1 is 1.11 bits per heavy atom. The number of nitrogens with one attached hydrogen (secondary N) is 2. The van der Waals surface area contributed by atoms with E-state index in [1.807, 2.05) is 12.1 Å². The number of hydrogen-bond acceptors (Lipinski definition) is 5. The average Bonchev–Trinajstić information content (AvgIpc) is 2.75. The van der Waals surface area contributed by atoms with E-state index in [2.05, 4.69) is 41.0 Å². The smallest absolute Gasteiger partial charge is 0.407 e. The van der Waals surface area contributed by atoms with Gasteiger partial charge in [-0.1, -0.05) is 42.5 Å². The first-order valence-corrected chi connectivity index (χ1v) is 9.49. The van der Waals surface area contributed by atoms with E-state index in [1.54, 1.807) is 0 Å². The molecule has 1 aliphatic rings. The zero-order chi connectivity index (χ0) is 19.8. The van der Waals surface area contributed by atoms with Crippen LogP contribution in [0.1, 0.15) is 24.3 Å². The minimum Gasteiger partial charge on any atom is -0.439 e. The standard InChI is InChI=1S/C21H26N2O5/c1-22-19(24)14-28-21(25)23-11-5-10-20-26-12-16(13-27-20)18-9-4-7-15-6-2-3-8-17(15)18/h2-4,6-9,16,20H,5,10-14H2,1H3,(H,22,24)(H,23,25)/t16-,20-. The van der Waals surface area contributed by atoms with Crippen LogP contribution in [0.4, 0.5) is 4.79 Å². The Kier molecular flexibility index (Phi) is 7.22. The summed E-state index contributed by atoms with van der Waals surface area (Å²) in [7, 11) is 1.48. The van der Waals surface area contributed by atoms with E-state index in [4.69, 9.17) is 14.2 Å².